The van der Waals surface area contributed by atoms with Crippen molar-refractivity contribution >= 4 is 23.3 Å². The average molecular weight is 435 g/mol. The van der Waals surface area contributed by atoms with Crippen LogP contribution in [0.3, 0.4) is 0 Å². The zero-order valence-corrected chi connectivity index (χ0v) is 18.2. The number of nitrogens with zero attached hydrogens (tertiary/aromatic N) is 2. The van der Waals surface area contributed by atoms with Crippen molar-refractivity contribution in [1.82, 2.24) is 20.5 Å². The molecule has 2 N–H and O–H groups in total. The molecule has 3 aromatic rings. The van der Waals surface area contributed by atoms with E-state index in [2.05, 4.69) is 15.6 Å². The van der Waals surface area contributed by atoms with E-state index in [-0.39, 0.29) is 11.9 Å². The Balaban J connectivity index is 1.23. The summed E-state index contributed by atoms with van der Waals surface area (Å²) in [6, 6.07) is 17.2. The van der Waals surface area contributed by atoms with Crippen molar-refractivity contribution in [3.8, 4) is 10.6 Å². The SMILES string of the molecule is O=C(NCc1ccc(C(=O)N2CCCCC2)cc1)NCc1csc(-c2ccccc2)n1. The minimum atomic E-state index is -0.247. The van der Waals surface area contributed by atoms with E-state index in [4.69, 9.17) is 0 Å². The van der Waals surface area contributed by atoms with Crippen LogP contribution in [0.4, 0.5) is 4.79 Å². The molecule has 1 aromatic heterocycles. The Morgan fingerprint density at radius 1 is 0.903 bits per heavy atom. The first kappa shape index (κ1) is 21.1. The van der Waals surface area contributed by atoms with Gasteiger partial charge in [-0.05, 0) is 37.0 Å². The number of carbonyl (C=O) groups is 2. The van der Waals surface area contributed by atoms with Crippen LogP contribution in [0.2, 0.25) is 0 Å². The van der Waals surface area contributed by atoms with Crippen LogP contribution >= 0.6 is 11.3 Å². The lowest BCUT2D eigenvalue weighted by Gasteiger charge is -2.26. The third-order valence-corrected chi connectivity index (χ3v) is 6.24. The lowest BCUT2D eigenvalue weighted by molar-refractivity contribution is 0.0724. The van der Waals surface area contributed by atoms with Gasteiger partial charge in [-0.2, -0.15) is 0 Å². The first-order valence-electron chi connectivity index (χ1n) is 10.6. The van der Waals surface area contributed by atoms with E-state index in [1.165, 1.54) is 6.42 Å². The number of aromatic nitrogens is 1. The van der Waals surface area contributed by atoms with Gasteiger partial charge in [-0.1, -0.05) is 42.5 Å². The van der Waals surface area contributed by atoms with Gasteiger partial charge < -0.3 is 15.5 Å². The summed E-state index contributed by atoms with van der Waals surface area (Å²) >= 11 is 1.56. The molecule has 1 aliphatic heterocycles. The second kappa shape index (κ2) is 10.2. The van der Waals surface area contributed by atoms with E-state index in [0.29, 0.717) is 18.7 Å². The number of nitrogens with one attached hydrogen (secondary N) is 2. The summed E-state index contributed by atoms with van der Waals surface area (Å²) in [5.41, 5.74) is 3.56. The van der Waals surface area contributed by atoms with Crippen LogP contribution in [0, 0.1) is 0 Å². The summed E-state index contributed by atoms with van der Waals surface area (Å²) in [4.78, 5) is 31.2. The topological polar surface area (TPSA) is 74.3 Å². The largest absolute Gasteiger partial charge is 0.339 e. The molecule has 3 amide bonds. The second-order valence-corrected chi connectivity index (χ2v) is 8.45. The molecular weight excluding hydrogens is 408 g/mol. The number of benzene rings is 2. The summed E-state index contributed by atoms with van der Waals surface area (Å²) in [5.74, 6) is 0.0927. The fraction of sp³-hybridized carbons (Fsp3) is 0.292. The molecule has 31 heavy (non-hydrogen) atoms. The van der Waals surface area contributed by atoms with Crippen molar-refractivity contribution in [2.75, 3.05) is 13.1 Å². The average Bonchev–Trinajstić information content (AvgIpc) is 3.31. The van der Waals surface area contributed by atoms with Gasteiger partial charge in [0.1, 0.15) is 5.01 Å². The Labute approximate surface area is 186 Å². The molecule has 1 saturated heterocycles. The maximum absolute atomic E-state index is 12.5. The van der Waals surface area contributed by atoms with Crippen LogP contribution in [-0.4, -0.2) is 34.9 Å². The maximum atomic E-state index is 12.5. The highest BCUT2D eigenvalue weighted by Crippen LogP contribution is 2.23. The first-order valence-corrected chi connectivity index (χ1v) is 11.5. The molecule has 1 aliphatic rings. The number of urea groups is 1. The van der Waals surface area contributed by atoms with E-state index in [9.17, 15) is 9.59 Å². The maximum Gasteiger partial charge on any atom is 0.315 e. The van der Waals surface area contributed by atoms with Crippen molar-refractivity contribution < 1.29 is 9.59 Å². The highest BCUT2D eigenvalue weighted by molar-refractivity contribution is 7.13. The van der Waals surface area contributed by atoms with Gasteiger partial charge in [0, 0.05) is 36.1 Å². The van der Waals surface area contributed by atoms with Gasteiger partial charge in [0.15, 0.2) is 0 Å². The van der Waals surface area contributed by atoms with Gasteiger partial charge in [0.25, 0.3) is 5.91 Å². The van der Waals surface area contributed by atoms with Crippen LogP contribution < -0.4 is 10.6 Å². The van der Waals surface area contributed by atoms with Gasteiger partial charge in [-0.15, -0.1) is 11.3 Å². The van der Waals surface area contributed by atoms with E-state index in [0.717, 1.165) is 47.8 Å². The van der Waals surface area contributed by atoms with Crippen molar-refractivity contribution in [1.29, 1.82) is 0 Å². The Morgan fingerprint density at radius 2 is 1.61 bits per heavy atom. The number of amides is 3. The molecule has 2 aromatic carbocycles. The minimum Gasteiger partial charge on any atom is -0.339 e. The third-order valence-electron chi connectivity index (χ3n) is 5.30. The number of rotatable bonds is 6. The predicted molar refractivity (Wildman–Crippen MR) is 123 cm³/mol. The van der Waals surface area contributed by atoms with Gasteiger partial charge in [0.05, 0.1) is 12.2 Å². The molecule has 160 valence electrons. The summed E-state index contributed by atoms with van der Waals surface area (Å²) in [6.45, 7) is 2.46. The summed E-state index contributed by atoms with van der Waals surface area (Å²) in [6.07, 6.45) is 3.36. The van der Waals surface area contributed by atoms with Gasteiger partial charge in [0.2, 0.25) is 0 Å². The fourth-order valence-electron chi connectivity index (χ4n) is 3.56. The van der Waals surface area contributed by atoms with Crippen molar-refractivity contribution in [2.45, 2.75) is 32.4 Å². The van der Waals surface area contributed by atoms with E-state index < -0.39 is 0 Å². The molecule has 0 atom stereocenters. The van der Waals surface area contributed by atoms with E-state index in [1.54, 1.807) is 11.3 Å². The van der Waals surface area contributed by atoms with Crippen LogP contribution in [-0.2, 0) is 13.1 Å². The molecular formula is C24H26N4O2S. The molecule has 0 aliphatic carbocycles. The van der Waals surface area contributed by atoms with Crippen LogP contribution in [0.5, 0.6) is 0 Å². The summed E-state index contributed by atoms with van der Waals surface area (Å²) in [5, 5.41) is 8.59. The first-order chi connectivity index (χ1) is 15.2. The number of thiazole rings is 1. The van der Waals surface area contributed by atoms with Crippen LogP contribution in [0.1, 0.15) is 40.9 Å². The molecule has 1 fully saturated rings. The highest BCUT2D eigenvalue weighted by atomic mass is 32.1. The zero-order valence-electron chi connectivity index (χ0n) is 17.3. The van der Waals surface area contributed by atoms with Crippen molar-refractivity contribution in [2.24, 2.45) is 0 Å². The molecule has 0 radical (unpaired) electrons. The summed E-state index contributed by atoms with van der Waals surface area (Å²) < 4.78 is 0. The van der Waals surface area contributed by atoms with Crippen molar-refractivity contribution in [3.63, 3.8) is 0 Å². The molecule has 6 nitrogen and oxygen atoms in total. The zero-order chi connectivity index (χ0) is 21.5. The molecule has 2 heterocycles. The smallest absolute Gasteiger partial charge is 0.315 e. The van der Waals surface area contributed by atoms with E-state index >= 15 is 0 Å². The lowest BCUT2D eigenvalue weighted by atomic mass is 10.1. The van der Waals surface area contributed by atoms with Gasteiger partial charge in [-0.25, -0.2) is 9.78 Å². The molecule has 0 unspecified atom stereocenters. The Kier molecular flexibility index (Phi) is 6.94. The number of hydrogen-bond acceptors (Lipinski definition) is 4. The second-order valence-electron chi connectivity index (χ2n) is 7.60. The number of piperidine rings is 1. The van der Waals surface area contributed by atoms with Gasteiger partial charge >= 0.3 is 6.03 Å². The lowest BCUT2D eigenvalue weighted by Crippen LogP contribution is -2.35. The minimum absolute atomic E-state index is 0.0927. The fourth-order valence-corrected chi connectivity index (χ4v) is 4.39. The molecule has 0 bridgehead atoms. The standard InChI is InChI=1S/C24H26N4O2S/c29-23(28-13-5-2-6-14-28)20-11-9-18(10-12-20)15-25-24(30)26-16-21-17-31-22(27-21)19-7-3-1-4-8-19/h1,3-4,7-12,17H,2,5-6,13-16H2,(H2,25,26,30). The number of likely N-dealkylation sites (tertiary alicyclic amines) is 1. The quantitative estimate of drug-likeness (QED) is 0.602. The van der Waals surface area contributed by atoms with E-state index in [1.807, 2.05) is 64.9 Å². The molecule has 0 spiro atoms. The Bertz CT molecular complexity index is 1010. The van der Waals surface area contributed by atoms with Crippen LogP contribution in [0.25, 0.3) is 10.6 Å². The monoisotopic (exact) mass is 434 g/mol. The number of hydrogen-bond donors (Lipinski definition) is 2. The Hall–Kier alpha value is -3.19. The van der Waals surface area contributed by atoms with Crippen molar-refractivity contribution in [3.05, 3.63) is 76.8 Å². The number of carbonyl (C=O) groups excluding carboxylic acids is 2. The predicted octanol–water partition coefficient (Wildman–Crippen LogP) is 4.44. The summed E-state index contributed by atoms with van der Waals surface area (Å²) in [7, 11) is 0. The van der Waals surface area contributed by atoms with Gasteiger partial charge in [-0.3, -0.25) is 4.79 Å². The normalized spacial score (nSPS) is 13.6. The highest BCUT2D eigenvalue weighted by Gasteiger charge is 2.17. The third kappa shape index (κ3) is 5.70. The molecule has 0 saturated carbocycles. The molecule has 4 rings (SSSR count). The molecule has 7 heteroatoms. The Morgan fingerprint density at radius 3 is 2.35 bits per heavy atom. The van der Waals surface area contributed by atoms with Crippen LogP contribution in [0.15, 0.2) is 60.0 Å².